The van der Waals surface area contributed by atoms with Crippen LogP contribution in [0.25, 0.3) is 0 Å². The molecule has 1 unspecified atom stereocenters. The summed E-state index contributed by atoms with van der Waals surface area (Å²) >= 11 is 0. The number of hydrogen-bond acceptors (Lipinski definition) is 4. The molecule has 5 nitrogen and oxygen atoms in total. The summed E-state index contributed by atoms with van der Waals surface area (Å²) in [6, 6.07) is -0.424. The Labute approximate surface area is 108 Å². The van der Waals surface area contributed by atoms with E-state index in [-0.39, 0.29) is 18.4 Å². The lowest BCUT2D eigenvalue weighted by atomic mass is 10.2. The van der Waals surface area contributed by atoms with Gasteiger partial charge in [-0.3, -0.25) is 14.5 Å². The summed E-state index contributed by atoms with van der Waals surface area (Å²) in [5.74, 6) is -0.497. The molecule has 0 rings (SSSR count). The fourth-order valence-corrected chi connectivity index (χ4v) is 1.38. The molecule has 18 heavy (non-hydrogen) atoms. The Bertz CT molecular complexity index is 303. The second-order valence-corrected chi connectivity index (χ2v) is 3.73. The number of nitrogens with one attached hydrogen (secondary N) is 1. The smallest absolute Gasteiger partial charge is 0.320 e. The third-order valence-electron chi connectivity index (χ3n) is 2.35. The molecule has 0 aliphatic rings. The lowest BCUT2D eigenvalue weighted by Gasteiger charge is -2.25. The first-order valence-electron chi connectivity index (χ1n) is 5.95. The van der Waals surface area contributed by atoms with Gasteiger partial charge in [0, 0.05) is 13.1 Å². The molecule has 0 aliphatic heterocycles. The number of amides is 1. The summed E-state index contributed by atoms with van der Waals surface area (Å²) < 4.78 is 4.87. The zero-order valence-electron chi connectivity index (χ0n) is 11.1. The van der Waals surface area contributed by atoms with E-state index in [1.54, 1.807) is 30.9 Å². The molecule has 5 heteroatoms. The largest absolute Gasteiger partial charge is 0.465 e. The lowest BCUT2D eigenvalue weighted by molar-refractivity contribution is -0.145. The normalized spacial score (nSPS) is 11.7. The van der Waals surface area contributed by atoms with Crippen molar-refractivity contribution in [2.24, 2.45) is 0 Å². The van der Waals surface area contributed by atoms with Crippen molar-refractivity contribution in [3.8, 4) is 0 Å². The molecule has 0 aromatic rings. The van der Waals surface area contributed by atoms with Crippen LogP contribution in [0.4, 0.5) is 0 Å². The number of esters is 1. The van der Waals surface area contributed by atoms with Gasteiger partial charge in [-0.2, -0.15) is 0 Å². The van der Waals surface area contributed by atoms with Crippen LogP contribution < -0.4 is 5.32 Å². The average molecular weight is 254 g/mol. The monoisotopic (exact) mass is 254 g/mol. The Morgan fingerprint density at radius 2 is 2.06 bits per heavy atom. The highest BCUT2D eigenvalue weighted by molar-refractivity contribution is 5.82. The minimum atomic E-state index is -0.424. The van der Waals surface area contributed by atoms with E-state index in [0.29, 0.717) is 19.7 Å². The van der Waals surface area contributed by atoms with Gasteiger partial charge in [0.15, 0.2) is 0 Å². The molecule has 0 saturated heterocycles. The molecule has 0 saturated carbocycles. The number of ether oxygens (including phenoxy) is 1. The Morgan fingerprint density at radius 3 is 2.56 bits per heavy atom. The average Bonchev–Trinajstić information content (AvgIpc) is 2.34. The minimum absolute atomic E-state index is 0.0720. The predicted octanol–water partition coefficient (Wildman–Crippen LogP) is 0.728. The number of rotatable bonds is 9. The molecule has 1 atom stereocenters. The predicted molar refractivity (Wildman–Crippen MR) is 71.1 cm³/mol. The molecule has 0 bridgehead atoms. The maximum atomic E-state index is 11.8. The summed E-state index contributed by atoms with van der Waals surface area (Å²) in [4.78, 5) is 24.9. The van der Waals surface area contributed by atoms with Crippen LogP contribution in [0.5, 0.6) is 0 Å². The third kappa shape index (κ3) is 6.20. The first-order valence-corrected chi connectivity index (χ1v) is 5.95. The Balaban J connectivity index is 4.46. The third-order valence-corrected chi connectivity index (χ3v) is 2.35. The van der Waals surface area contributed by atoms with Crippen molar-refractivity contribution < 1.29 is 14.3 Å². The maximum Gasteiger partial charge on any atom is 0.320 e. The molecule has 0 radical (unpaired) electrons. The second kappa shape index (κ2) is 9.41. The molecule has 0 heterocycles. The lowest BCUT2D eigenvalue weighted by Crippen LogP contribution is -2.47. The van der Waals surface area contributed by atoms with E-state index in [2.05, 4.69) is 18.5 Å². The van der Waals surface area contributed by atoms with Crippen molar-refractivity contribution in [1.82, 2.24) is 10.2 Å². The van der Waals surface area contributed by atoms with Gasteiger partial charge in [0.25, 0.3) is 0 Å². The fourth-order valence-electron chi connectivity index (χ4n) is 1.38. The van der Waals surface area contributed by atoms with E-state index < -0.39 is 6.04 Å². The molecular weight excluding hydrogens is 232 g/mol. The molecular formula is C13H22N2O3. The SMILES string of the molecule is C=CCNC(=O)C(C)N(CC=C)CC(=O)OCC. The van der Waals surface area contributed by atoms with E-state index >= 15 is 0 Å². The van der Waals surface area contributed by atoms with Crippen LogP contribution >= 0.6 is 0 Å². The summed E-state index contributed by atoms with van der Waals surface area (Å²) in [5.41, 5.74) is 0. The van der Waals surface area contributed by atoms with Crippen molar-refractivity contribution in [1.29, 1.82) is 0 Å². The van der Waals surface area contributed by atoms with Gasteiger partial charge in [-0.05, 0) is 13.8 Å². The Hall–Kier alpha value is -1.62. The number of hydrogen-bond donors (Lipinski definition) is 1. The van der Waals surface area contributed by atoms with E-state index in [1.807, 2.05) is 0 Å². The summed E-state index contributed by atoms with van der Waals surface area (Å²) in [6.45, 7) is 11.9. The highest BCUT2D eigenvalue weighted by Crippen LogP contribution is 2.00. The molecule has 102 valence electrons. The Morgan fingerprint density at radius 1 is 1.39 bits per heavy atom. The number of carbonyl (C=O) groups is 2. The van der Waals surface area contributed by atoms with E-state index in [9.17, 15) is 9.59 Å². The van der Waals surface area contributed by atoms with Crippen LogP contribution in [0, 0.1) is 0 Å². The first-order chi connectivity index (χ1) is 8.56. The van der Waals surface area contributed by atoms with E-state index in [0.717, 1.165) is 0 Å². The number of nitrogens with zero attached hydrogens (tertiary/aromatic N) is 1. The molecule has 1 N–H and O–H groups in total. The van der Waals surface area contributed by atoms with Crippen molar-refractivity contribution in [2.45, 2.75) is 19.9 Å². The van der Waals surface area contributed by atoms with E-state index in [1.165, 1.54) is 0 Å². The van der Waals surface area contributed by atoms with Crippen LogP contribution in [-0.4, -0.2) is 49.1 Å². The standard InChI is InChI=1S/C13H22N2O3/c1-5-8-14-13(17)11(4)15(9-6-2)10-12(16)18-7-3/h5-6,11H,1-2,7-10H2,3-4H3,(H,14,17). The summed E-state index contributed by atoms with van der Waals surface area (Å²) in [5, 5.41) is 2.69. The van der Waals surface area contributed by atoms with Crippen molar-refractivity contribution in [3.05, 3.63) is 25.3 Å². The van der Waals surface area contributed by atoms with Crippen molar-refractivity contribution >= 4 is 11.9 Å². The van der Waals surface area contributed by atoms with E-state index in [4.69, 9.17) is 4.74 Å². The molecule has 0 aliphatic carbocycles. The molecule has 0 spiro atoms. The maximum absolute atomic E-state index is 11.8. The summed E-state index contributed by atoms with van der Waals surface area (Å²) in [6.07, 6.45) is 3.25. The second-order valence-electron chi connectivity index (χ2n) is 3.73. The van der Waals surface area contributed by atoms with Gasteiger partial charge in [0.05, 0.1) is 19.2 Å². The Kier molecular flexibility index (Phi) is 8.57. The zero-order chi connectivity index (χ0) is 14.0. The highest BCUT2D eigenvalue weighted by Gasteiger charge is 2.22. The van der Waals surface area contributed by atoms with Gasteiger partial charge in [-0.15, -0.1) is 13.2 Å². The molecule has 0 fully saturated rings. The van der Waals surface area contributed by atoms with Crippen molar-refractivity contribution in [2.75, 3.05) is 26.2 Å². The van der Waals surface area contributed by atoms with Gasteiger partial charge < -0.3 is 10.1 Å². The van der Waals surface area contributed by atoms with Gasteiger partial charge >= 0.3 is 5.97 Å². The topological polar surface area (TPSA) is 58.6 Å². The molecule has 1 amide bonds. The molecule has 0 aromatic heterocycles. The van der Waals surface area contributed by atoms with Gasteiger partial charge in [0.1, 0.15) is 0 Å². The van der Waals surface area contributed by atoms with Crippen molar-refractivity contribution in [3.63, 3.8) is 0 Å². The van der Waals surface area contributed by atoms with Gasteiger partial charge in [0.2, 0.25) is 5.91 Å². The summed E-state index contributed by atoms with van der Waals surface area (Å²) in [7, 11) is 0. The van der Waals surface area contributed by atoms with Gasteiger partial charge in [-0.1, -0.05) is 12.2 Å². The van der Waals surface area contributed by atoms with Crippen LogP contribution in [0.2, 0.25) is 0 Å². The van der Waals surface area contributed by atoms with Crippen LogP contribution in [0.3, 0.4) is 0 Å². The quantitative estimate of drug-likeness (QED) is 0.487. The first kappa shape index (κ1) is 16.4. The highest BCUT2D eigenvalue weighted by atomic mass is 16.5. The fraction of sp³-hybridized carbons (Fsp3) is 0.538. The minimum Gasteiger partial charge on any atom is -0.465 e. The number of carbonyl (C=O) groups excluding carboxylic acids is 2. The van der Waals surface area contributed by atoms with Gasteiger partial charge in [-0.25, -0.2) is 0 Å². The molecule has 0 aromatic carbocycles. The zero-order valence-corrected chi connectivity index (χ0v) is 11.1. The van der Waals surface area contributed by atoms with Crippen LogP contribution in [0.15, 0.2) is 25.3 Å². The van der Waals surface area contributed by atoms with Crippen LogP contribution in [0.1, 0.15) is 13.8 Å². The van der Waals surface area contributed by atoms with Crippen LogP contribution in [-0.2, 0) is 14.3 Å².